The number of carbonyl (C=O) groups is 1. The topological polar surface area (TPSA) is 75.7 Å². The van der Waals surface area contributed by atoms with Crippen LogP contribution in [0.3, 0.4) is 0 Å². The molecule has 0 spiro atoms. The van der Waals surface area contributed by atoms with Crippen molar-refractivity contribution in [2.45, 2.75) is 52.6 Å². The van der Waals surface area contributed by atoms with E-state index in [0.29, 0.717) is 0 Å². The molecule has 2 rings (SSSR count). The minimum absolute atomic E-state index is 0.225. The predicted molar refractivity (Wildman–Crippen MR) is 132 cm³/mol. The Labute approximate surface area is 200 Å². The second kappa shape index (κ2) is 10.3. The Balaban J connectivity index is 2.37. The van der Waals surface area contributed by atoms with E-state index in [4.69, 9.17) is 27.9 Å². The average molecular weight is 501 g/mol. The number of carbonyl (C=O) groups excluding carboxylic acids is 1. The first-order chi connectivity index (χ1) is 14.8. The van der Waals surface area contributed by atoms with Crippen molar-refractivity contribution in [2.24, 2.45) is 0 Å². The second-order valence-corrected chi connectivity index (χ2v) is 10.9. The van der Waals surface area contributed by atoms with Gasteiger partial charge in [-0.25, -0.2) is 8.42 Å². The van der Waals surface area contributed by atoms with Gasteiger partial charge in [0.2, 0.25) is 15.9 Å². The minimum atomic E-state index is -3.79. The number of methoxy groups -OCH3 is 1. The van der Waals surface area contributed by atoms with Gasteiger partial charge < -0.3 is 10.1 Å². The Hall–Kier alpha value is -1.96. The zero-order valence-corrected chi connectivity index (χ0v) is 21.7. The van der Waals surface area contributed by atoms with Gasteiger partial charge >= 0.3 is 0 Å². The second-order valence-electron chi connectivity index (χ2n) is 8.20. The summed E-state index contributed by atoms with van der Waals surface area (Å²) in [5.41, 5.74) is 3.16. The molecule has 0 aliphatic carbocycles. The summed E-state index contributed by atoms with van der Waals surface area (Å²) in [7, 11) is -2.16. The number of benzene rings is 2. The van der Waals surface area contributed by atoms with Gasteiger partial charge in [-0.2, -0.15) is 0 Å². The van der Waals surface area contributed by atoms with Crippen molar-refractivity contribution in [1.82, 2.24) is 5.32 Å². The number of nitrogens with one attached hydrogen (secondary N) is 1. The van der Waals surface area contributed by atoms with Gasteiger partial charge in [-0.1, -0.05) is 37.0 Å². The summed E-state index contributed by atoms with van der Waals surface area (Å²) < 4.78 is 31.6. The number of aryl methyl sites for hydroxylation is 1. The molecule has 9 heteroatoms. The summed E-state index contributed by atoms with van der Waals surface area (Å²) >= 11 is 12.1. The molecule has 2 aromatic rings. The number of nitrogens with zero attached hydrogens (tertiary/aromatic N) is 1. The highest BCUT2D eigenvalue weighted by Crippen LogP contribution is 2.33. The van der Waals surface area contributed by atoms with Crippen LogP contribution < -0.4 is 14.4 Å². The predicted octanol–water partition coefficient (Wildman–Crippen LogP) is 5.47. The van der Waals surface area contributed by atoms with Gasteiger partial charge in [0.1, 0.15) is 11.8 Å². The van der Waals surface area contributed by atoms with Crippen molar-refractivity contribution in [3.05, 3.63) is 57.1 Å². The molecular formula is C23H30Cl2N2O4S. The van der Waals surface area contributed by atoms with Crippen molar-refractivity contribution < 1.29 is 17.9 Å². The molecule has 0 fully saturated rings. The van der Waals surface area contributed by atoms with Gasteiger partial charge in [-0.05, 0) is 73.7 Å². The molecule has 0 unspecified atom stereocenters. The molecule has 0 saturated carbocycles. The van der Waals surface area contributed by atoms with Gasteiger partial charge in [-0.15, -0.1) is 0 Å². The summed E-state index contributed by atoms with van der Waals surface area (Å²) in [5, 5.41) is 3.49. The smallest absolute Gasteiger partial charge is 0.244 e. The Kier molecular flexibility index (Phi) is 8.48. The number of hydrogen-bond donors (Lipinski definition) is 1. The Bertz CT molecular complexity index is 1080. The SMILES string of the molecule is COc1cc(C)c([C@@H](C)NC(=O)[C@H](C)N(c2cc(Cl)cc(Cl)c2)S(C)(=O)=O)cc1C(C)C. The molecule has 0 bridgehead atoms. The molecule has 0 aliphatic rings. The first-order valence-corrected chi connectivity index (χ1v) is 12.8. The molecule has 6 nitrogen and oxygen atoms in total. The maximum absolute atomic E-state index is 13.1. The van der Waals surface area contributed by atoms with E-state index >= 15 is 0 Å². The van der Waals surface area contributed by atoms with Crippen LogP contribution in [0.15, 0.2) is 30.3 Å². The molecular weight excluding hydrogens is 471 g/mol. The lowest BCUT2D eigenvalue weighted by Gasteiger charge is -2.30. The van der Waals surface area contributed by atoms with Crippen LogP contribution in [0.1, 0.15) is 56.3 Å². The van der Waals surface area contributed by atoms with E-state index in [1.54, 1.807) is 7.11 Å². The molecule has 2 aromatic carbocycles. The lowest BCUT2D eigenvalue weighted by molar-refractivity contribution is -0.122. The molecule has 0 aliphatic heterocycles. The van der Waals surface area contributed by atoms with Crippen LogP contribution in [0.4, 0.5) is 5.69 Å². The molecule has 32 heavy (non-hydrogen) atoms. The molecule has 2 atom stereocenters. The molecule has 1 N–H and O–H groups in total. The van der Waals surface area contributed by atoms with E-state index in [1.807, 2.05) is 26.0 Å². The molecule has 1 amide bonds. The summed E-state index contributed by atoms with van der Waals surface area (Å²) in [6.45, 7) is 9.48. The van der Waals surface area contributed by atoms with Crippen molar-refractivity contribution >= 4 is 44.8 Å². The van der Waals surface area contributed by atoms with Crippen LogP contribution in [0.5, 0.6) is 5.75 Å². The van der Waals surface area contributed by atoms with E-state index in [1.165, 1.54) is 25.1 Å². The first-order valence-electron chi connectivity index (χ1n) is 10.2. The number of hydrogen-bond acceptors (Lipinski definition) is 4. The van der Waals surface area contributed by atoms with E-state index in [2.05, 4.69) is 19.2 Å². The number of rotatable bonds is 8. The quantitative estimate of drug-likeness (QED) is 0.521. The van der Waals surface area contributed by atoms with E-state index in [-0.39, 0.29) is 27.7 Å². The van der Waals surface area contributed by atoms with Gasteiger partial charge in [-0.3, -0.25) is 9.10 Å². The fraction of sp³-hybridized carbons (Fsp3) is 0.435. The molecule has 0 saturated heterocycles. The van der Waals surface area contributed by atoms with Gasteiger partial charge in [0.25, 0.3) is 0 Å². The fourth-order valence-electron chi connectivity index (χ4n) is 3.70. The monoisotopic (exact) mass is 500 g/mol. The highest BCUT2D eigenvalue weighted by molar-refractivity contribution is 7.92. The van der Waals surface area contributed by atoms with Gasteiger partial charge in [0, 0.05) is 10.0 Å². The van der Waals surface area contributed by atoms with Crippen LogP contribution in [0.2, 0.25) is 10.0 Å². The Morgan fingerprint density at radius 2 is 1.56 bits per heavy atom. The maximum atomic E-state index is 13.1. The van der Waals surface area contributed by atoms with Crippen molar-refractivity contribution in [1.29, 1.82) is 0 Å². The largest absolute Gasteiger partial charge is 0.496 e. The summed E-state index contributed by atoms with van der Waals surface area (Å²) in [5.74, 6) is 0.592. The van der Waals surface area contributed by atoms with E-state index < -0.39 is 22.0 Å². The summed E-state index contributed by atoms with van der Waals surface area (Å²) in [4.78, 5) is 13.1. The number of sulfonamides is 1. The third-order valence-electron chi connectivity index (χ3n) is 5.26. The normalized spacial score (nSPS) is 13.6. The third-order valence-corrected chi connectivity index (χ3v) is 6.93. The zero-order chi connectivity index (χ0) is 24.4. The van der Waals surface area contributed by atoms with E-state index in [9.17, 15) is 13.2 Å². The highest BCUT2D eigenvalue weighted by Gasteiger charge is 2.30. The number of halogens is 2. The lowest BCUT2D eigenvalue weighted by atomic mass is 9.93. The van der Waals surface area contributed by atoms with Crippen LogP contribution in [-0.2, 0) is 14.8 Å². The van der Waals surface area contributed by atoms with Crippen LogP contribution in [0.25, 0.3) is 0 Å². The molecule has 176 valence electrons. The molecule has 0 aromatic heterocycles. The number of ether oxygens (including phenoxy) is 1. The van der Waals surface area contributed by atoms with Gasteiger partial charge in [0.05, 0.1) is 25.1 Å². The summed E-state index contributed by atoms with van der Waals surface area (Å²) in [6.07, 6.45) is 1.04. The first kappa shape index (κ1) is 26.3. The van der Waals surface area contributed by atoms with Crippen molar-refractivity contribution in [3.8, 4) is 5.75 Å². The summed E-state index contributed by atoms with van der Waals surface area (Å²) in [6, 6.07) is 7.03. The van der Waals surface area contributed by atoms with Crippen LogP contribution >= 0.6 is 23.2 Å². The average Bonchev–Trinajstić information content (AvgIpc) is 2.65. The van der Waals surface area contributed by atoms with Crippen LogP contribution in [-0.4, -0.2) is 33.7 Å². The standard InChI is InChI=1S/C23H30Cl2N2O4S/c1-13(2)20-12-21(14(3)8-22(20)31-6)15(4)26-23(28)16(5)27(32(7,29)30)19-10-17(24)9-18(25)11-19/h8-13,15-16H,1-7H3,(H,26,28)/t15-,16+/m1/s1. The fourth-order valence-corrected chi connectivity index (χ4v) is 5.37. The zero-order valence-electron chi connectivity index (χ0n) is 19.4. The van der Waals surface area contributed by atoms with E-state index in [0.717, 1.165) is 33.0 Å². The highest BCUT2D eigenvalue weighted by atomic mass is 35.5. The maximum Gasteiger partial charge on any atom is 0.244 e. The van der Waals surface area contributed by atoms with Crippen molar-refractivity contribution in [2.75, 3.05) is 17.7 Å². The lowest BCUT2D eigenvalue weighted by Crippen LogP contribution is -2.48. The molecule has 0 heterocycles. The minimum Gasteiger partial charge on any atom is -0.496 e. The Morgan fingerprint density at radius 1 is 1.00 bits per heavy atom. The Morgan fingerprint density at radius 3 is 2.03 bits per heavy atom. The number of amides is 1. The van der Waals surface area contributed by atoms with Crippen molar-refractivity contribution in [3.63, 3.8) is 0 Å². The van der Waals surface area contributed by atoms with Gasteiger partial charge in [0.15, 0.2) is 0 Å². The van der Waals surface area contributed by atoms with Crippen LogP contribution in [0, 0.1) is 6.92 Å². The molecule has 0 radical (unpaired) electrons. The third kappa shape index (κ3) is 6.09. The number of anilines is 1.